The molecule has 0 amide bonds. The van der Waals surface area contributed by atoms with E-state index in [-0.39, 0.29) is 12.0 Å². The smallest absolute Gasteiger partial charge is 0.0641 e. The third kappa shape index (κ3) is 3.30. The molecule has 4 nitrogen and oxygen atoms in total. The Balaban J connectivity index is 2.57. The topological polar surface area (TPSA) is 50.1 Å². The number of aliphatic hydroxyl groups excluding tert-OH is 1. The summed E-state index contributed by atoms with van der Waals surface area (Å²) in [6, 6.07) is 0. The summed E-state index contributed by atoms with van der Waals surface area (Å²) in [6.45, 7) is 10.2. The fourth-order valence-electron chi connectivity index (χ4n) is 1.86. The molecule has 0 saturated carbocycles. The van der Waals surface area contributed by atoms with E-state index >= 15 is 0 Å². The van der Waals surface area contributed by atoms with E-state index < -0.39 is 0 Å². The predicted molar refractivity (Wildman–Crippen MR) is 69.9 cm³/mol. The Morgan fingerprint density at radius 2 is 2.06 bits per heavy atom. The van der Waals surface area contributed by atoms with Crippen LogP contribution in [0.3, 0.4) is 0 Å². The Kier molecular flexibility index (Phi) is 4.71. The summed E-state index contributed by atoms with van der Waals surface area (Å²) in [7, 11) is 1.97. The molecule has 0 aliphatic carbocycles. The second-order valence-corrected chi connectivity index (χ2v) is 5.20. The Morgan fingerprint density at radius 1 is 1.41 bits per heavy atom. The number of nitrogens with zero attached hydrogens (tertiary/aromatic N) is 2. The summed E-state index contributed by atoms with van der Waals surface area (Å²) in [5.41, 5.74) is 3.53. The molecule has 1 unspecified atom stereocenters. The highest BCUT2D eigenvalue weighted by Crippen LogP contribution is 2.19. The Bertz CT molecular complexity index is 367. The maximum absolute atomic E-state index is 9.34. The molecular weight excluding hydrogens is 214 g/mol. The van der Waals surface area contributed by atoms with Crippen LogP contribution in [0, 0.1) is 19.3 Å². The highest BCUT2D eigenvalue weighted by atomic mass is 16.3. The van der Waals surface area contributed by atoms with Crippen molar-refractivity contribution in [1.29, 1.82) is 0 Å². The number of hydrogen-bond donors (Lipinski definition) is 2. The Hall–Kier alpha value is -0.870. The van der Waals surface area contributed by atoms with Crippen molar-refractivity contribution >= 4 is 0 Å². The first kappa shape index (κ1) is 14.2. The molecule has 1 heterocycles. The Morgan fingerprint density at radius 3 is 2.47 bits per heavy atom. The van der Waals surface area contributed by atoms with E-state index in [1.54, 1.807) is 0 Å². The largest absolute Gasteiger partial charge is 0.396 e. The van der Waals surface area contributed by atoms with Crippen LogP contribution in [0.5, 0.6) is 0 Å². The van der Waals surface area contributed by atoms with Crippen LogP contribution in [-0.2, 0) is 13.6 Å². The van der Waals surface area contributed by atoms with Gasteiger partial charge in [-0.1, -0.05) is 13.8 Å². The molecule has 0 radical (unpaired) electrons. The molecule has 1 atom stereocenters. The van der Waals surface area contributed by atoms with Gasteiger partial charge in [-0.2, -0.15) is 5.10 Å². The number of aromatic nitrogens is 2. The number of rotatable bonds is 6. The zero-order valence-electron chi connectivity index (χ0n) is 11.7. The molecule has 0 aliphatic heterocycles. The fourth-order valence-corrected chi connectivity index (χ4v) is 1.86. The van der Waals surface area contributed by atoms with E-state index in [1.807, 2.05) is 18.7 Å². The maximum atomic E-state index is 9.34. The molecule has 98 valence electrons. The Labute approximate surface area is 104 Å². The maximum Gasteiger partial charge on any atom is 0.0641 e. The van der Waals surface area contributed by atoms with Gasteiger partial charge in [-0.25, -0.2) is 0 Å². The zero-order chi connectivity index (χ0) is 13.1. The zero-order valence-corrected chi connectivity index (χ0v) is 11.7. The molecule has 17 heavy (non-hydrogen) atoms. The molecule has 1 aromatic rings. The number of hydrogen-bond acceptors (Lipinski definition) is 3. The number of aliphatic hydroxyl groups is 1. The second-order valence-electron chi connectivity index (χ2n) is 5.20. The van der Waals surface area contributed by atoms with Crippen molar-refractivity contribution in [3.63, 3.8) is 0 Å². The van der Waals surface area contributed by atoms with Gasteiger partial charge in [0.2, 0.25) is 0 Å². The minimum absolute atomic E-state index is 0.0238. The molecule has 1 aromatic heterocycles. The lowest BCUT2D eigenvalue weighted by molar-refractivity contribution is 0.135. The van der Waals surface area contributed by atoms with Gasteiger partial charge in [-0.3, -0.25) is 4.68 Å². The van der Waals surface area contributed by atoms with E-state index in [2.05, 4.69) is 31.2 Å². The van der Waals surface area contributed by atoms with Crippen molar-refractivity contribution in [2.24, 2.45) is 12.5 Å². The monoisotopic (exact) mass is 239 g/mol. The van der Waals surface area contributed by atoms with Crippen LogP contribution < -0.4 is 5.32 Å². The van der Waals surface area contributed by atoms with E-state index in [9.17, 15) is 5.11 Å². The predicted octanol–water partition coefficient (Wildman–Crippen LogP) is 1.54. The van der Waals surface area contributed by atoms with E-state index in [1.165, 1.54) is 11.3 Å². The van der Waals surface area contributed by atoms with Gasteiger partial charge in [0.1, 0.15) is 0 Å². The molecule has 0 spiro atoms. The van der Waals surface area contributed by atoms with Gasteiger partial charge >= 0.3 is 0 Å². The lowest BCUT2D eigenvalue weighted by atomic mass is 9.88. The van der Waals surface area contributed by atoms with Crippen LogP contribution in [0.4, 0.5) is 0 Å². The summed E-state index contributed by atoms with van der Waals surface area (Å²) in [4.78, 5) is 0. The van der Waals surface area contributed by atoms with Crippen LogP contribution in [0.1, 0.15) is 37.2 Å². The SMILES string of the molecule is CCC(C)(CO)CNCc1c(C)nn(C)c1C. The molecule has 4 heteroatoms. The average molecular weight is 239 g/mol. The van der Waals surface area contributed by atoms with Gasteiger partial charge in [-0.05, 0) is 20.3 Å². The second kappa shape index (κ2) is 5.65. The van der Waals surface area contributed by atoms with Crippen molar-refractivity contribution in [3.05, 3.63) is 17.0 Å². The average Bonchev–Trinajstić information content (AvgIpc) is 2.55. The molecule has 0 fully saturated rings. The highest BCUT2D eigenvalue weighted by Gasteiger charge is 2.20. The number of aryl methyl sites for hydroxylation is 2. The van der Waals surface area contributed by atoms with Crippen LogP contribution >= 0.6 is 0 Å². The molecule has 0 saturated heterocycles. The van der Waals surface area contributed by atoms with Gasteiger partial charge < -0.3 is 10.4 Å². The van der Waals surface area contributed by atoms with Crippen molar-refractivity contribution in [2.45, 2.75) is 40.7 Å². The lowest BCUT2D eigenvalue weighted by Crippen LogP contribution is -2.34. The standard InChI is InChI=1S/C13H25N3O/c1-6-13(4,9-17)8-14-7-12-10(2)15-16(5)11(12)3/h14,17H,6-9H2,1-5H3. The highest BCUT2D eigenvalue weighted by molar-refractivity contribution is 5.23. The number of nitrogens with one attached hydrogen (secondary N) is 1. The van der Waals surface area contributed by atoms with Crippen LogP contribution in [0.25, 0.3) is 0 Å². The van der Waals surface area contributed by atoms with Crippen molar-refractivity contribution in [3.8, 4) is 0 Å². The van der Waals surface area contributed by atoms with Crippen LogP contribution in [0.15, 0.2) is 0 Å². The summed E-state index contributed by atoms with van der Waals surface area (Å²) in [6.07, 6.45) is 0.974. The summed E-state index contributed by atoms with van der Waals surface area (Å²) >= 11 is 0. The first-order valence-corrected chi connectivity index (χ1v) is 6.24. The third-order valence-corrected chi connectivity index (χ3v) is 3.75. The van der Waals surface area contributed by atoms with Crippen molar-refractivity contribution in [1.82, 2.24) is 15.1 Å². The lowest BCUT2D eigenvalue weighted by Gasteiger charge is -2.25. The summed E-state index contributed by atoms with van der Waals surface area (Å²) in [5, 5.41) is 17.2. The summed E-state index contributed by atoms with van der Waals surface area (Å²) < 4.78 is 1.91. The first-order valence-electron chi connectivity index (χ1n) is 6.24. The van der Waals surface area contributed by atoms with Gasteiger partial charge in [0.25, 0.3) is 0 Å². The third-order valence-electron chi connectivity index (χ3n) is 3.75. The van der Waals surface area contributed by atoms with Crippen LogP contribution in [0.2, 0.25) is 0 Å². The summed E-state index contributed by atoms with van der Waals surface area (Å²) in [5.74, 6) is 0. The molecular formula is C13H25N3O. The minimum atomic E-state index is -0.0238. The van der Waals surface area contributed by atoms with Gasteiger partial charge in [-0.15, -0.1) is 0 Å². The molecule has 0 bridgehead atoms. The van der Waals surface area contributed by atoms with E-state index in [0.717, 1.165) is 25.2 Å². The first-order chi connectivity index (χ1) is 7.93. The molecule has 2 N–H and O–H groups in total. The minimum Gasteiger partial charge on any atom is -0.396 e. The van der Waals surface area contributed by atoms with Crippen LogP contribution in [-0.4, -0.2) is 28.0 Å². The normalized spacial score (nSPS) is 14.9. The van der Waals surface area contributed by atoms with E-state index in [0.29, 0.717) is 0 Å². The van der Waals surface area contributed by atoms with Crippen molar-refractivity contribution in [2.75, 3.05) is 13.2 Å². The van der Waals surface area contributed by atoms with E-state index in [4.69, 9.17) is 0 Å². The van der Waals surface area contributed by atoms with Gasteiger partial charge in [0.05, 0.1) is 5.69 Å². The quantitative estimate of drug-likeness (QED) is 0.791. The van der Waals surface area contributed by atoms with Gasteiger partial charge in [0, 0.05) is 43.4 Å². The molecule has 0 aliphatic rings. The van der Waals surface area contributed by atoms with Gasteiger partial charge in [0.15, 0.2) is 0 Å². The molecule has 0 aromatic carbocycles. The molecule has 1 rings (SSSR count). The van der Waals surface area contributed by atoms with Crippen molar-refractivity contribution < 1.29 is 5.11 Å². The fraction of sp³-hybridized carbons (Fsp3) is 0.769.